The van der Waals surface area contributed by atoms with Gasteiger partial charge in [0.15, 0.2) is 0 Å². The maximum Gasteiger partial charge on any atom is 0.363 e. The number of hydrogen-bond acceptors (Lipinski definition) is 6. The zero-order valence-corrected chi connectivity index (χ0v) is 13.7. The minimum atomic E-state index is -0.756. The second-order valence-corrected chi connectivity index (χ2v) is 5.30. The molecule has 1 aliphatic heterocycles. The molecule has 1 heterocycles. The first kappa shape index (κ1) is 17.9. The zero-order valence-electron chi connectivity index (χ0n) is 13.7. The van der Waals surface area contributed by atoms with Crippen LogP contribution in [0.2, 0.25) is 0 Å². The third-order valence-corrected chi connectivity index (χ3v) is 3.41. The number of rotatable bonds is 9. The van der Waals surface area contributed by atoms with Crippen LogP contribution in [0.1, 0.15) is 43.0 Å². The SMILES string of the molecule is CCCCOCCOc1ccc(C(=O)ON2C(=O)CCC2=O)cc1. The van der Waals surface area contributed by atoms with E-state index in [2.05, 4.69) is 6.92 Å². The van der Waals surface area contributed by atoms with Gasteiger partial charge in [-0.05, 0) is 30.7 Å². The standard InChI is InChI=1S/C17H21NO6/c1-2-3-10-22-11-12-23-14-6-4-13(5-7-14)17(21)24-18-15(19)8-9-16(18)20/h4-7H,2-3,8-12H2,1H3. The average Bonchev–Trinajstić information content (AvgIpc) is 2.90. The van der Waals surface area contributed by atoms with E-state index in [9.17, 15) is 14.4 Å². The van der Waals surface area contributed by atoms with E-state index in [1.165, 1.54) is 12.1 Å². The highest BCUT2D eigenvalue weighted by Crippen LogP contribution is 2.16. The monoisotopic (exact) mass is 335 g/mol. The van der Waals surface area contributed by atoms with E-state index in [-0.39, 0.29) is 18.4 Å². The molecule has 2 rings (SSSR count). The summed E-state index contributed by atoms with van der Waals surface area (Å²) in [7, 11) is 0. The highest BCUT2D eigenvalue weighted by Gasteiger charge is 2.33. The molecule has 1 aliphatic rings. The zero-order chi connectivity index (χ0) is 17.4. The number of carbonyl (C=O) groups is 3. The van der Waals surface area contributed by atoms with E-state index in [4.69, 9.17) is 14.3 Å². The van der Waals surface area contributed by atoms with Gasteiger partial charge in [0.25, 0.3) is 11.8 Å². The van der Waals surface area contributed by atoms with Crippen molar-refractivity contribution in [2.45, 2.75) is 32.6 Å². The Labute approximate surface area is 140 Å². The van der Waals surface area contributed by atoms with Gasteiger partial charge in [0.05, 0.1) is 12.2 Å². The van der Waals surface area contributed by atoms with E-state index in [1.54, 1.807) is 12.1 Å². The summed E-state index contributed by atoms with van der Waals surface area (Å²) in [4.78, 5) is 39.6. The lowest BCUT2D eigenvalue weighted by Crippen LogP contribution is -2.32. The van der Waals surface area contributed by atoms with Crippen molar-refractivity contribution < 1.29 is 28.7 Å². The molecule has 0 N–H and O–H groups in total. The third-order valence-electron chi connectivity index (χ3n) is 3.41. The van der Waals surface area contributed by atoms with E-state index in [0.29, 0.717) is 24.0 Å². The molecule has 24 heavy (non-hydrogen) atoms. The van der Waals surface area contributed by atoms with Gasteiger partial charge >= 0.3 is 5.97 Å². The molecular formula is C17H21NO6. The maximum atomic E-state index is 11.9. The van der Waals surface area contributed by atoms with Crippen molar-refractivity contribution in [3.63, 3.8) is 0 Å². The van der Waals surface area contributed by atoms with Crippen molar-refractivity contribution >= 4 is 17.8 Å². The summed E-state index contributed by atoms with van der Waals surface area (Å²) in [6.45, 7) is 3.74. The second kappa shape index (κ2) is 9.02. The molecule has 7 nitrogen and oxygen atoms in total. The number of carbonyl (C=O) groups excluding carboxylic acids is 3. The number of hydrogen-bond donors (Lipinski definition) is 0. The fraction of sp³-hybridized carbons (Fsp3) is 0.471. The Balaban J connectivity index is 1.77. The first-order chi connectivity index (χ1) is 11.6. The lowest BCUT2D eigenvalue weighted by atomic mass is 10.2. The molecule has 1 aromatic rings. The maximum absolute atomic E-state index is 11.9. The van der Waals surface area contributed by atoms with Crippen molar-refractivity contribution in [2.24, 2.45) is 0 Å². The Bertz CT molecular complexity index is 567. The van der Waals surface area contributed by atoms with Crippen LogP contribution in [0.5, 0.6) is 5.75 Å². The Morgan fingerprint density at radius 2 is 1.71 bits per heavy atom. The second-order valence-electron chi connectivity index (χ2n) is 5.30. The van der Waals surface area contributed by atoms with Crippen LogP contribution in [-0.4, -0.2) is 42.7 Å². The first-order valence-electron chi connectivity index (χ1n) is 8.00. The Hall–Kier alpha value is -2.41. The Morgan fingerprint density at radius 1 is 1.04 bits per heavy atom. The van der Waals surface area contributed by atoms with E-state index in [1.807, 2.05) is 0 Å². The van der Waals surface area contributed by atoms with Crippen LogP contribution < -0.4 is 4.74 Å². The van der Waals surface area contributed by atoms with Gasteiger partial charge in [0.1, 0.15) is 12.4 Å². The average molecular weight is 335 g/mol. The predicted molar refractivity (Wildman–Crippen MR) is 84.2 cm³/mol. The molecule has 0 aliphatic carbocycles. The molecular weight excluding hydrogens is 314 g/mol. The van der Waals surface area contributed by atoms with Gasteiger partial charge in [-0.1, -0.05) is 13.3 Å². The number of hydroxylamine groups is 2. The largest absolute Gasteiger partial charge is 0.491 e. The molecule has 1 saturated heterocycles. The minimum Gasteiger partial charge on any atom is -0.491 e. The minimum absolute atomic E-state index is 0.0687. The van der Waals surface area contributed by atoms with E-state index >= 15 is 0 Å². The highest BCUT2D eigenvalue weighted by atomic mass is 16.7. The summed E-state index contributed by atoms with van der Waals surface area (Å²) in [6, 6.07) is 6.27. The number of unbranched alkanes of at least 4 members (excludes halogenated alkanes) is 1. The number of amides is 2. The van der Waals surface area contributed by atoms with Crippen LogP contribution in [0.15, 0.2) is 24.3 Å². The first-order valence-corrected chi connectivity index (χ1v) is 8.00. The van der Waals surface area contributed by atoms with Crippen molar-refractivity contribution in [1.82, 2.24) is 5.06 Å². The normalized spacial score (nSPS) is 14.1. The van der Waals surface area contributed by atoms with Crippen molar-refractivity contribution in [3.05, 3.63) is 29.8 Å². The van der Waals surface area contributed by atoms with Gasteiger partial charge in [-0.15, -0.1) is 5.06 Å². The van der Waals surface area contributed by atoms with Crippen LogP contribution in [-0.2, 0) is 19.2 Å². The molecule has 1 aromatic carbocycles. The summed E-state index contributed by atoms with van der Waals surface area (Å²) < 4.78 is 10.9. The number of benzene rings is 1. The van der Waals surface area contributed by atoms with Crippen LogP contribution >= 0.6 is 0 Å². The predicted octanol–water partition coefficient (Wildman–Crippen LogP) is 2.10. The molecule has 0 saturated carbocycles. The van der Waals surface area contributed by atoms with Gasteiger partial charge in [-0.25, -0.2) is 4.79 Å². The molecule has 7 heteroatoms. The number of nitrogens with zero attached hydrogens (tertiary/aromatic N) is 1. The van der Waals surface area contributed by atoms with Crippen molar-refractivity contribution in [2.75, 3.05) is 19.8 Å². The quantitative estimate of drug-likeness (QED) is 0.508. The van der Waals surface area contributed by atoms with Crippen molar-refractivity contribution in [1.29, 1.82) is 0 Å². The molecule has 0 bridgehead atoms. The Morgan fingerprint density at radius 3 is 2.33 bits per heavy atom. The summed E-state index contributed by atoms with van der Waals surface area (Å²) in [5.74, 6) is -1.17. The summed E-state index contributed by atoms with van der Waals surface area (Å²) in [5, 5.41) is 0.528. The smallest absolute Gasteiger partial charge is 0.363 e. The molecule has 0 radical (unpaired) electrons. The third kappa shape index (κ3) is 5.06. The van der Waals surface area contributed by atoms with Gasteiger partial charge < -0.3 is 14.3 Å². The van der Waals surface area contributed by atoms with Crippen molar-refractivity contribution in [3.8, 4) is 5.75 Å². The lowest BCUT2D eigenvalue weighted by molar-refractivity contribution is -0.172. The van der Waals surface area contributed by atoms with Crippen LogP contribution in [0.25, 0.3) is 0 Å². The van der Waals surface area contributed by atoms with Gasteiger partial charge in [-0.3, -0.25) is 9.59 Å². The van der Waals surface area contributed by atoms with Crippen LogP contribution in [0, 0.1) is 0 Å². The van der Waals surface area contributed by atoms with Crippen LogP contribution in [0.3, 0.4) is 0 Å². The Kier molecular flexibility index (Phi) is 6.74. The molecule has 2 amide bonds. The van der Waals surface area contributed by atoms with Gasteiger partial charge in [0.2, 0.25) is 0 Å². The summed E-state index contributed by atoms with van der Waals surface area (Å²) in [5.41, 5.74) is 0.231. The topological polar surface area (TPSA) is 82.1 Å². The van der Waals surface area contributed by atoms with E-state index < -0.39 is 17.8 Å². The number of ether oxygens (including phenoxy) is 2. The van der Waals surface area contributed by atoms with E-state index in [0.717, 1.165) is 19.4 Å². The fourth-order valence-corrected chi connectivity index (χ4v) is 2.05. The molecule has 0 unspecified atom stereocenters. The lowest BCUT2D eigenvalue weighted by Gasteiger charge is -2.12. The fourth-order valence-electron chi connectivity index (χ4n) is 2.05. The number of imide groups is 1. The van der Waals surface area contributed by atoms with Gasteiger partial charge in [-0.2, -0.15) is 0 Å². The molecule has 0 atom stereocenters. The molecule has 1 fully saturated rings. The molecule has 130 valence electrons. The van der Waals surface area contributed by atoms with Gasteiger partial charge in [0, 0.05) is 19.4 Å². The molecule has 0 aromatic heterocycles. The summed E-state index contributed by atoms with van der Waals surface area (Å²) in [6.07, 6.45) is 2.25. The molecule has 0 spiro atoms. The summed E-state index contributed by atoms with van der Waals surface area (Å²) >= 11 is 0. The highest BCUT2D eigenvalue weighted by molar-refractivity contribution is 6.02. The van der Waals surface area contributed by atoms with Crippen LogP contribution in [0.4, 0.5) is 0 Å².